The molecule has 0 bridgehead atoms. The molecule has 1 heteroatoms. The minimum atomic E-state index is 0.910. The highest BCUT2D eigenvalue weighted by Gasteiger charge is 2.14. The molecular formula is C11H13Cl. The third kappa shape index (κ3) is 1.89. The lowest BCUT2D eigenvalue weighted by Gasteiger charge is -1.93. The van der Waals surface area contributed by atoms with Crippen molar-refractivity contribution in [1.82, 2.24) is 0 Å². The largest absolute Gasteiger partial charge is 0.0991 e. The summed E-state index contributed by atoms with van der Waals surface area (Å²) in [5, 5.41) is 0.910. The monoisotopic (exact) mass is 180 g/mol. The second-order valence-corrected chi connectivity index (χ2v) is 3.14. The van der Waals surface area contributed by atoms with Crippen LogP contribution < -0.4 is 0 Å². The van der Waals surface area contributed by atoms with Gasteiger partial charge in [-0.2, -0.15) is 0 Å². The van der Waals surface area contributed by atoms with Crippen molar-refractivity contribution in [2.45, 2.75) is 19.8 Å². The Morgan fingerprint density at radius 1 is 1.42 bits per heavy atom. The van der Waals surface area contributed by atoms with E-state index in [2.05, 4.69) is 12.7 Å². The highest BCUT2D eigenvalue weighted by atomic mass is 35.5. The third-order valence-corrected chi connectivity index (χ3v) is 2.40. The van der Waals surface area contributed by atoms with Gasteiger partial charge in [0.25, 0.3) is 0 Å². The van der Waals surface area contributed by atoms with E-state index in [0.717, 1.165) is 17.9 Å². The van der Waals surface area contributed by atoms with Gasteiger partial charge in [0.1, 0.15) is 0 Å². The fraction of sp³-hybridized carbons (Fsp3) is 0.273. The zero-order chi connectivity index (χ0) is 8.97. The molecule has 0 aromatic heterocycles. The first kappa shape index (κ1) is 9.34. The Balaban J connectivity index is 2.90. The molecule has 12 heavy (non-hydrogen) atoms. The SMILES string of the molecule is C=C/C=C1\CCC(/C=C/C)=C1Cl. The molecule has 0 spiro atoms. The average molecular weight is 181 g/mol. The molecule has 0 aromatic rings. The van der Waals surface area contributed by atoms with E-state index in [9.17, 15) is 0 Å². The van der Waals surface area contributed by atoms with Crippen molar-refractivity contribution >= 4 is 11.6 Å². The van der Waals surface area contributed by atoms with Crippen molar-refractivity contribution < 1.29 is 0 Å². The number of hydrogen-bond donors (Lipinski definition) is 0. The molecular weight excluding hydrogens is 168 g/mol. The lowest BCUT2D eigenvalue weighted by molar-refractivity contribution is 1.03. The molecule has 0 atom stereocenters. The third-order valence-electron chi connectivity index (χ3n) is 1.91. The van der Waals surface area contributed by atoms with Gasteiger partial charge in [-0.05, 0) is 30.9 Å². The summed E-state index contributed by atoms with van der Waals surface area (Å²) < 4.78 is 0. The van der Waals surface area contributed by atoms with Gasteiger partial charge in [-0.15, -0.1) is 0 Å². The minimum absolute atomic E-state index is 0.910. The van der Waals surface area contributed by atoms with Gasteiger partial charge in [0.05, 0.1) is 0 Å². The zero-order valence-electron chi connectivity index (χ0n) is 7.31. The van der Waals surface area contributed by atoms with Gasteiger partial charge in [-0.3, -0.25) is 0 Å². The Morgan fingerprint density at radius 3 is 2.75 bits per heavy atom. The van der Waals surface area contributed by atoms with Gasteiger partial charge < -0.3 is 0 Å². The van der Waals surface area contributed by atoms with Crippen LogP contribution >= 0.6 is 11.6 Å². The second-order valence-electron chi connectivity index (χ2n) is 2.77. The van der Waals surface area contributed by atoms with Crippen molar-refractivity contribution in [2.75, 3.05) is 0 Å². The predicted molar refractivity (Wildman–Crippen MR) is 55.2 cm³/mol. The van der Waals surface area contributed by atoms with Crippen LogP contribution in [-0.4, -0.2) is 0 Å². The summed E-state index contributed by atoms with van der Waals surface area (Å²) in [5.74, 6) is 0. The number of allylic oxidation sites excluding steroid dienone is 7. The molecule has 0 amide bonds. The Morgan fingerprint density at radius 2 is 2.17 bits per heavy atom. The molecule has 0 saturated heterocycles. The molecule has 1 aliphatic rings. The topological polar surface area (TPSA) is 0 Å². The number of hydrogen-bond acceptors (Lipinski definition) is 0. The molecule has 0 aromatic carbocycles. The Bertz CT molecular complexity index is 267. The van der Waals surface area contributed by atoms with Gasteiger partial charge in [0.15, 0.2) is 0 Å². The number of rotatable bonds is 2. The summed E-state index contributed by atoms with van der Waals surface area (Å²) in [5.41, 5.74) is 2.45. The molecule has 0 fully saturated rings. The average Bonchev–Trinajstić information content (AvgIpc) is 2.38. The van der Waals surface area contributed by atoms with Crippen LogP contribution in [0.3, 0.4) is 0 Å². The Labute approximate surface area is 78.9 Å². The van der Waals surface area contributed by atoms with E-state index < -0.39 is 0 Å². The van der Waals surface area contributed by atoms with E-state index in [0.29, 0.717) is 0 Å². The van der Waals surface area contributed by atoms with Gasteiger partial charge in [0, 0.05) is 5.03 Å². The predicted octanol–water partition coefficient (Wildman–Crippen LogP) is 3.96. The summed E-state index contributed by atoms with van der Waals surface area (Å²) in [6.45, 7) is 5.66. The van der Waals surface area contributed by atoms with Crippen LogP contribution in [0.2, 0.25) is 0 Å². The summed E-state index contributed by atoms with van der Waals surface area (Å²) in [6, 6.07) is 0. The molecule has 1 rings (SSSR count). The van der Waals surface area contributed by atoms with Gasteiger partial charge in [-0.1, -0.05) is 42.5 Å². The Kier molecular flexibility index (Phi) is 3.36. The fourth-order valence-corrected chi connectivity index (χ4v) is 1.67. The lowest BCUT2D eigenvalue weighted by atomic mass is 10.2. The van der Waals surface area contributed by atoms with Crippen LogP contribution in [0.5, 0.6) is 0 Å². The zero-order valence-corrected chi connectivity index (χ0v) is 8.06. The van der Waals surface area contributed by atoms with E-state index in [1.165, 1.54) is 11.1 Å². The van der Waals surface area contributed by atoms with E-state index in [4.69, 9.17) is 11.6 Å². The number of halogens is 1. The maximum absolute atomic E-state index is 6.11. The Hall–Kier alpha value is -0.750. The van der Waals surface area contributed by atoms with Crippen LogP contribution in [0.15, 0.2) is 47.1 Å². The lowest BCUT2D eigenvalue weighted by Crippen LogP contribution is -1.72. The van der Waals surface area contributed by atoms with Crippen LogP contribution in [0, 0.1) is 0 Å². The first-order chi connectivity index (χ1) is 5.79. The first-order valence-corrected chi connectivity index (χ1v) is 4.50. The summed E-state index contributed by atoms with van der Waals surface area (Å²) in [6.07, 6.45) is 9.98. The van der Waals surface area contributed by atoms with E-state index in [1.807, 2.05) is 19.1 Å². The van der Waals surface area contributed by atoms with Gasteiger partial charge in [0.2, 0.25) is 0 Å². The molecule has 0 heterocycles. The summed E-state index contributed by atoms with van der Waals surface area (Å²) >= 11 is 6.11. The quantitative estimate of drug-likeness (QED) is 0.604. The van der Waals surface area contributed by atoms with Crippen molar-refractivity contribution in [3.05, 3.63) is 47.1 Å². The second kappa shape index (κ2) is 4.32. The smallest absolute Gasteiger partial charge is 0.0470 e. The minimum Gasteiger partial charge on any atom is -0.0991 e. The molecule has 64 valence electrons. The van der Waals surface area contributed by atoms with E-state index in [1.54, 1.807) is 6.08 Å². The highest BCUT2D eigenvalue weighted by molar-refractivity contribution is 6.32. The van der Waals surface area contributed by atoms with E-state index >= 15 is 0 Å². The molecule has 0 unspecified atom stereocenters. The van der Waals surface area contributed by atoms with Gasteiger partial charge >= 0.3 is 0 Å². The van der Waals surface area contributed by atoms with E-state index in [-0.39, 0.29) is 0 Å². The molecule has 0 aliphatic heterocycles. The maximum Gasteiger partial charge on any atom is 0.0470 e. The fourth-order valence-electron chi connectivity index (χ4n) is 1.35. The normalized spacial score (nSPS) is 21.3. The highest BCUT2D eigenvalue weighted by Crippen LogP contribution is 2.34. The van der Waals surface area contributed by atoms with Crippen LogP contribution in [0.25, 0.3) is 0 Å². The van der Waals surface area contributed by atoms with Crippen molar-refractivity contribution in [3.63, 3.8) is 0 Å². The van der Waals surface area contributed by atoms with Crippen molar-refractivity contribution in [3.8, 4) is 0 Å². The standard InChI is InChI=1S/C11H13Cl/c1-3-5-9-7-8-10(6-4-2)11(9)12/h3-6H,1,7-8H2,2H3/b6-4+,9-5+. The molecule has 0 nitrogen and oxygen atoms in total. The van der Waals surface area contributed by atoms with Gasteiger partial charge in [-0.25, -0.2) is 0 Å². The maximum atomic E-state index is 6.11. The molecule has 0 radical (unpaired) electrons. The summed E-state index contributed by atoms with van der Waals surface area (Å²) in [4.78, 5) is 0. The van der Waals surface area contributed by atoms with Crippen molar-refractivity contribution in [1.29, 1.82) is 0 Å². The molecule has 0 saturated carbocycles. The van der Waals surface area contributed by atoms with Crippen LogP contribution in [0.1, 0.15) is 19.8 Å². The van der Waals surface area contributed by atoms with Crippen LogP contribution in [-0.2, 0) is 0 Å². The van der Waals surface area contributed by atoms with Crippen LogP contribution in [0.4, 0.5) is 0 Å². The van der Waals surface area contributed by atoms with Crippen molar-refractivity contribution in [2.24, 2.45) is 0 Å². The molecule has 0 N–H and O–H groups in total. The summed E-state index contributed by atoms with van der Waals surface area (Å²) in [7, 11) is 0. The molecule has 1 aliphatic carbocycles. The first-order valence-electron chi connectivity index (χ1n) is 4.13.